The lowest BCUT2D eigenvalue weighted by molar-refractivity contribution is -0.119. The predicted octanol–water partition coefficient (Wildman–Crippen LogP) is 1.69. The van der Waals surface area contributed by atoms with Crippen LogP contribution < -0.4 is 10.1 Å². The van der Waals surface area contributed by atoms with E-state index in [0.717, 1.165) is 12.3 Å². The molecule has 1 fully saturated rings. The number of hydrogen-bond acceptors (Lipinski definition) is 2. The lowest BCUT2D eigenvalue weighted by Crippen LogP contribution is -2.13. The highest BCUT2D eigenvalue weighted by Crippen LogP contribution is 2.24. The minimum absolute atomic E-state index is 0.147. The lowest BCUT2D eigenvalue weighted by atomic mass is 9.98. The van der Waals surface area contributed by atoms with Crippen LogP contribution in [0.2, 0.25) is 0 Å². The van der Waals surface area contributed by atoms with E-state index in [-0.39, 0.29) is 5.91 Å². The van der Waals surface area contributed by atoms with Crippen molar-refractivity contribution in [3.05, 3.63) is 29.8 Å². The van der Waals surface area contributed by atoms with Crippen LogP contribution in [0.3, 0.4) is 0 Å². The molecular formula is C12H15NO2. The second kappa shape index (κ2) is 4.34. The van der Waals surface area contributed by atoms with Crippen LogP contribution in [-0.2, 0) is 4.79 Å². The first kappa shape index (κ1) is 10.0. The second-order valence-corrected chi connectivity index (χ2v) is 3.71. The number of benzene rings is 1. The Morgan fingerprint density at radius 2 is 2.13 bits per heavy atom. The number of ether oxygens (including phenoxy) is 1. The first-order chi connectivity index (χ1) is 7.29. The Labute approximate surface area is 89.4 Å². The van der Waals surface area contributed by atoms with Crippen LogP contribution in [0.5, 0.6) is 5.75 Å². The van der Waals surface area contributed by atoms with Crippen LogP contribution in [0.1, 0.15) is 24.8 Å². The maximum absolute atomic E-state index is 11.1. The van der Waals surface area contributed by atoms with Gasteiger partial charge in [0.15, 0.2) is 0 Å². The molecule has 1 saturated heterocycles. The molecular weight excluding hydrogens is 190 g/mol. The Balaban J connectivity index is 2.06. The Hall–Kier alpha value is -1.51. The molecule has 80 valence electrons. The molecule has 1 aliphatic rings. The molecule has 3 heteroatoms. The smallest absolute Gasteiger partial charge is 0.220 e. The number of nitrogens with one attached hydrogen (secondary N) is 1. The van der Waals surface area contributed by atoms with Crippen molar-refractivity contribution in [3.63, 3.8) is 0 Å². The third-order valence-electron chi connectivity index (χ3n) is 2.64. The number of carbonyl (C=O) groups is 1. The van der Waals surface area contributed by atoms with Gasteiger partial charge in [-0.1, -0.05) is 12.1 Å². The molecule has 1 N–H and O–H groups in total. The molecule has 1 aliphatic heterocycles. The molecule has 0 aliphatic carbocycles. The molecule has 1 aromatic rings. The van der Waals surface area contributed by atoms with Gasteiger partial charge in [-0.05, 0) is 24.6 Å². The summed E-state index contributed by atoms with van der Waals surface area (Å²) in [6.45, 7) is 3.41. The number of hydrogen-bond donors (Lipinski definition) is 1. The molecule has 1 aromatic carbocycles. The molecule has 15 heavy (non-hydrogen) atoms. The first-order valence-electron chi connectivity index (χ1n) is 5.29. The molecule has 0 spiro atoms. The predicted molar refractivity (Wildman–Crippen MR) is 58.0 cm³/mol. The van der Waals surface area contributed by atoms with E-state index in [2.05, 4.69) is 5.32 Å². The fraction of sp³-hybridized carbons (Fsp3) is 0.417. The molecule has 2 rings (SSSR count). The fourth-order valence-electron chi connectivity index (χ4n) is 1.84. The molecule has 0 radical (unpaired) electrons. The summed E-state index contributed by atoms with van der Waals surface area (Å²) in [5.74, 6) is 1.36. The van der Waals surface area contributed by atoms with E-state index < -0.39 is 0 Å². The van der Waals surface area contributed by atoms with E-state index in [1.54, 1.807) is 0 Å². The number of carbonyl (C=O) groups excluding carboxylic acids is 1. The largest absolute Gasteiger partial charge is 0.494 e. The van der Waals surface area contributed by atoms with Gasteiger partial charge in [-0.25, -0.2) is 0 Å². The standard InChI is InChI=1S/C12H15NO2/c1-2-15-11-5-3-9(4-6-11)10-7-12(14)13-8-10/h3-6,10H,2,7-8H2,1H3,(H,13,14)/t10-/m0/s1. The van der Waals surface area contributed by atoms with Gasteiger partial charge < -0.3 is 10.1 Å². The van der Waals surface area contributed by atoms with Gasteiger partial charge >= 0.3 is 0 Å². The molecule has 0 bridgehead atoms. The quantitative estimate of drug-likeness (QED) is 0.815. The van der Waals surface area contributed by atoms with Crippen molar-refractivity contribution in [1.29, 1.82) is 0 Å². The topological polar surface area (TPSA) is 38.3 Å². The maximum atomic E-state index is 11.1. The Kier molecular flexibility index (Phi) is 2.90. The normalized spacial score (nSPS) is 20.1. The van der Waals surface area contributed by atoms with Gasteiger partial charge in [0.05, 0.1) is 6.61 Å². The van der Waals surface area contributed by atoms with Crippen LogP contribution in [-0.4, -0.2) is 19.1 Å². The van der Waals surface area contributed by atoms with Gasteiger partial charge in [-0.2, -0.15) is 0 Å². The third kappa shape index (κ3) is 2.29. The molecule has 1 atom stereocenters. The SMILES string of the molecule is CCOc1ccc([C@@H]2CNC(=O)C2)cc1. The van der Waals surface area contributed by atoms with Crippen molar-refractivity contribution in [2.24, 2.45) is 0 Å². The van der Waals surface area contributed by atoms with Gasteiger partial charge in [-0.15, -0.1) is 0 Å². The van der Waals surface area contributed by atoms with E-state index in [0.29, 0.717) is 18.9 Å². The van der Waals surface area contributed by atoms with Crippen molar-refractivity contribution in [1.82, 2.24) is 5.32 Å². The summed E-state index contributed by atoms with van der Waals surface area (Å²) in [6.07, 6.45) is 0.605. The zero-order valence-corrected chi connectivity index (χ0v) is 8.82. The van der Waals surface area contributed by atoms with Gasteiger partial charge in [0.25, 0.3) is 0 Å². The van der Waals surface area contributed by atoms with Crippen molar-refractivity contribution >= 4 is 5.91 Å². The van der Waals surface area contributed by atoms with Crippen LogP contribution in [0, 0.1) is 0 Å². The van der Waals surface area contributed by atoms with Gasteiger partial charge in [0, 0.05) is 18.9 Å². The van der Waals surface area contributed by atoms with E-state index in [9.17, 15) is 4.79 Å². The Morgan fingerprint density at radius 1 is 1.40 bits per heavy atom. The second-order valence-electron chi connectivity index (χ2n) is 3.71. The summed E-state index contributed by atoms with van der Waals surface area (Å²) in [7, 11) is 0. The van der Waals surface area contributed by atoms with Crippen molar-refractivity contribution < 1.29 is 9.53 Å². The van der Waals surface area contributed by atoms with Crippen LogP contribution in [0.25, 0.3) is 0 Å². The number of amides is 1. The molecule has 3 nitrogen and oxygen atoms in total. The fourth-order valence-corrected chi connectivity index (χ4v) is 1.84. The van der Waals surface area contributed by atoms with E-state index in [1.165, 1.54) is 5.56 Å². The summed E-state index contributed by atoms with van der Waals surface area (Å²) in [5, 5.41) is 2.84. The summed E-state index contributed by atoms with van der Waals surface area (Å²) in [4.78, 5) is 11.1. The molecule has 0 aromatic heterocycles. The van der Waals surface area contributed by atoms with Crippen molar-refractivity contribution in [3.8, 4) is 5.75 Å². The van der Waals surface area contributed by atoms with E-state index in [4.69, 9.17) is 4.74 Å². The Bertz CT molecular complexity index is 345. The monoisotopic (exact) mass is 205 g/mol. The average Bonchev–Trinajstić information content (AvgIpc) is 2.67. The van der Waals surface area contributed by atoms with E-state index >= 15 is 0 Å². The highest BCUT2D eigenvalue weighted by molar-refractivity contribution is 5.79. The van der Waals surface area contributed by atoms with Gasteiger partial charge in [-0.3, -0.25) is 4.79 Å². The minimum Gasteiger partial charge on any atom is -0.494 e. The molecule has 1 amide bonds. The van der Waals surface area contributed by atoms with Gasteiger partial charge in [0.2, 0.25) is 5.91 Å². The van der Waals surface area contributed by atoms with Crippen molar-refractivity contribution in [2.45, 2.75) is 19.3 Å². The zero-order valence-electron chi connectivity index (χ0n) is 8.82. The highest BCUT2D eigenvalue weighted by Gasteiger charge is 2.22. The maximum Gasteiger partial charge on any atom is 0.220 e. The molecule has 1 heterocycles. The highest BCUT2D eigenvalue weighted by atomic mass is 16.5. The molecule has 0 saturated carbocycles. The van der Waals surface area contributed by atoms with Crippen molar-refractivity contribution in [2.75, 3.05) is 13.2 Å². The average molecular weight is 205 g/mol. The first-order valence-corrected chi connectivity index (χ1v) is 5.29. The van der Waals surface area contributed by atoms with Gasteiger partial charge in [0.1, 0.15) is 5.75 Å². The third-order valence-corrected chi connectivity index (χ3v) is 2.64. The number of rotatable bonds is 3. The summed E-state index contributed by atoms with van der Waals surface area (Å²) >= 11 is 0. The van der Waals surface area contributed by atoms with Crippen LogP contribution in [0.4, 0.5) is 0 Å². The summed E-state index contributed by atoms with van der Waals surface area (Å²) in [6, 6.07) is 8.00. The van der Waals surface area contributed by atoms with Crippen LogP contribution >= 0.6 is 0 Å². The minimum atomic E-state index is 0.147. The summed E-state index contributed by atoms with van der Waals surface area (Å²) < 4.78 is 5.36. The Morgan fingerprint density at radius 3 is 2.67 bits per heavy atom. The van der Waals surface area contributed by atoms with E-state index in [1.807, 2.05) is 31.2 Å². The summed E-state index contributed by atoms with van der Waals surface area (Å²) in [5.41, 5.74) is 1.21. The molecule has 0 unspecified atom stereocenters. The lowest BCUT2D eigenvalue weighted by Gasteiger charge is -2.08. The zero-order chi connectivity index (χ0) is 10.7. The van der Waals surface area contributed by atoms with Crippen LogP contribution in [0.15, 0.2) is 24.3 Å².